The molecule has 13 heteroatoms. The lowest BCUT2D eigenvalue weighted by atomic mass is 10.1. The van der Waals surface area contributed by atoms with Gasteiger partial charge in [-0.15, -0.1) is 0 Å². The zero-order valence-corrected chi connectivity index (χ0v) is 27.1. The number of aromatic nitrogens is 1. The van der Waals surface area contributed by atoms with Crippen LogP contribution in [0.1, 0.15) is 31.2 Å². The van der Waals surface area contributed by atoms with Gasteiger partial charge >= 0.3 is 0 Å². The van der Waals surface area contributed by atoms with E-state index in [-0.39, 0.29) is 30.9 Å². The number of thiazole rings is 1. The average molecular weight is 676 g/mol. The Balaban J connectivity index is 1.54. The number of anilines is 1. The van der Waals surface area contributed by atoms with Crippen molar-refractivity contribution in [2.75, 3.05) is 23.0 Å². The van der Waals surface area contributed by atoms with E-state index in [2.05, 4.69) is 22.8 Å². The number of benzene rings is 3. The van der Waals surface area contributed by atoms with Gasteiger partial charge in [-0.1, -0.05) is 66.3 Å². The van der Waals surface area contributed by atoms with Gasteiger partial charge < -0.3 is 9.64 Å². The van der Waals surface area contributed by atoms with Crippen molar-refractivity contribution in [2.45, 2.75) is 32.7 Å². The topological polar surface area (TPSA) is 125 Å². The second-order valence-corrected chi connectivity index (χ2v) is 15.0. The number of halogens is 1. The molecule has 5 rings (SSSR count). The zero-order valence-electron chi connectivity index (χ0n) is 23.9. The van der Waals surface area contributed by atoms with Gasteiger partial charge in [0.15, 0.2) is 12.3 Å². The largest absolute Gasteiger partial charge is 0.439 e. The molecule has 0 radical (unpaired) electrons. The predicted octanol–water partition coefficient (Wildman–Crippen LogP) is 6.60. The summed E-state index contributed by atoms with van der Waals surface area (Å²) in [5.41, 5.74) is 4.66. The molecule has 1 aromatic heterocycles. The monoisotopic (exact) mass is 675 g/mol. The SMILES string of the molecule is CCC(/C=C1\Oc2ccc(Cl)cc2N1CCCS(=O)(=O)O)=C\c1sc2ccc(-c3ccccc3)cc2[n+]1CCCS(=O)(=O)O. The lowest BCUT2D eigenvalue weighted by Crippen LogP contribution is -2.36. The summed E-state index contributed by atoms with van der Waals surface area (Å²) in [5, 5.41) is 1.40. The standard InChI is InChI=1S/C31H31ClN2O7S3/c1-2-22(18-30-33(14-6-16-43(35,36)37)26-21-25(32)11-12-28(26)41-30)19-31-34(15-7-17-44(38,39)40)27-20-24(10-13-29(27)42-31)23-8-4-3-5-9-23/h3-5,8-13,18-21H,2,6-7,14-17H2,1H3,(H-,35,36,37,38,39,40)/p+1. The van der Waals surface area contributed by atoms with Crippen LogP contribution in [0.5, 0.6) is 5.75 Å². The first-order chi connectivity index (χ1) is 20.9. The Bertz CT molecular complexity index is 1950. The van der Waals surface area contributed by atoms with Crippen molar-refractivity contribution >= 4 is 65.2 Å². The summed E-state index contributed by atoms with van der Waals surface area (Å²) in [6.07, 6.45) is 4.96. The first-order valence-electron chi connectivity index (χ1n) is 14.0. The fourth-order valence-electron chi connectivity index (χ4n) is 5.03. The highest BCUT2D eigenvalue weighted by molar-refractivity contribution is 7.86. The molecule has 1 aliphatic rings. The Morgan fingerprint density at radius 3 is 2.39 bits per heavy atom. The predicted molar refractivity (Wildman–Crippen MR) is 175 cm³/mol. The summed E-state index contributed by atoms with van der Waals surface area (Å²) in [7, 11) is -8.23. The van der Waals surface area contributed by atoms with Crippen molar-refractivity contribution in [3.8, 4) is 16.9 Å². The van der Waals surface area contributed by atoms with E-state index in [1.807, 2.05) is 54.3 Å². The van der Waals surface area contributed by atoms with Crippen molar-refractivity contribution in [3.63, 3.8) is 0 Å². The molecule has 0 aliphatic carbocycles. The Kier molecular flexibility index (Phi) is 9.78. The number of hydrogen-bond donors (Lipinski definition) is 2. The molecule has 9 nitrogen and oxygen atoms in total. The maximum Gasteiger partial charge on any atom is 0.265 e. The summed E-state index contributed by atoms with van der Waals surface area (Å²) in [6.45, 7) is 2.66. The van der Waals surface area contributed by atoms with Crippen molar-refractivity contribution in [3.05, 3.63) is 94.3 Å². The molecule has 0 unspecified atom stereocenters. The van der Waals surface area contributed by atoms with E-state index in [4.69, 9.17) is 16.3 Å². The highest BCUT2D eigenvalue weighted by Gasteiger charge is 2.28. The van der Waals surface area contributed by atoms with E-state index in [9.17, 15) is 25.9 Å². The lowest BCUT2D eigenvalue weighted by Gasteiger charge is -2.18. The maximum atomic E-state index is 11.5. The molecule has 0 atom stereocenters. The normalized spacial score (nSPS) is 14.8. The number of fused-ring (bicyclic) bond motifs is 2. The smallest absolute Gasteiger partial charge is 0.265 e. The van der Waals surface area contributed by atoms with E-state index < -0.39 is 20.2 Å². The van der Waals surface area contributed by atoms with E-state index >= 15 is 0 Å². The Morgan fingerprint density at radius 2 is 1.68 bits per heavy atom. The molecule has 1 aliphatic heterocycles. The van der Waals surface area contributed by atoms with Crippen molar-refractivity contribution in [1.29, 1.82) is 0 Å². The highest BCUT2D eigenvalue weighted by atomic mass is 35.5. The van der Waals surface area contributed by atoms with Gasteiger partial charge in [0.1, 0.15) is 4.70 Å². The van der Waals surface area contributed by atoms with Gasteiger partial charge in [0.25, 0.3) is 25.2 Å². The molecule has 0 bridgehead atoms. The third kappa shape index (κ3) is 8.06. The summed E-state index contributed by atoms with van der Waals surface area (Å²) in [6, 6.07) is 21.4. The van der Waals surface area contributed by atoms with Crippen LogP contribution in [0.4, 0.5) is 5.69 Å². The van der Waals surface area contributed by atoms with Gasteiger partial charge in [-0.05, 0) is 53.8 Å². The van der Waals surface area contributed by atoms with Crippen molar-refractivity contribution < 1.29 is 35.2 Å². The molecule has 0 saturated heterocycles. The van der Waals surface area contributed by atoms with Crippen LogP contribution >= 0.6 is 22.9 Å². The van der Waals surface area contributed by atoms with Crippen LogP contribution in [0.25, 0.3) is 27.4 Å². The second-order valence-electron chi connectivity index (χ2n) is 10.3. The first-order valence-corrected chi connectivity index (χ1v) is 18.4. The molecular formula is C31H32ClN2O7S3+. The number of nitrogens with zero attached hydrogens (tertiary/aromatic N) is 2. The van der Waals surface area contributed by atoms with Crippen LogP contribution in [-0.4, -0.2) is 44.0 Å². The molecule has 44 heavy (non-hydrogen) atoms. The average Bonchev–Trinajstić information content (AvgIpc) is 3.48. The summed E-state index contributed by atoms with van der Waals surface area (Å²) >= 11 is 7.83. The third-order valence-corrected chi connectivity index (χ3v) is 10.1. The minimum Gasteiger partial charge on any atom is -0.439 e. The molecule has 2 heterocycles. The van der Waals surface area contributed by atoms with E-state index in [1.54, 1.807) is 29.5 Å². The van der Waals surface area contributed by atoms with Crippen LogP contribution in [0.3, 0.4) is 0 Å². The fraction of sp³-hybridized carbons (Fsp3) is 0.258. The van der Waals surface area contributed by atoms with Gasteiger partial charge in [0.2, 0.25) is 11.4 Å². The van der Waals surface area contributed by atoms with Crippen molar-refractivity contribution in [2.24, 2.45) is 0 Å². The number of allylic oxidation sites excluding steroid dienone is 2. The Hall–Kier alpha value is -3.26. The van der Waals surface area contributed by atoms with Crippen LogP contribution in [0.15, 0.2) is 84.3 Å². The van der Waals surface area contributed by atoms with E-state index in [0.29, 0.717) is 35.3 Å². The molecular weight excluding hydrogens is 644 g/mol. The molecule has 0 fully saturated rings. The van der Waals surface area contributed by atoms with Crippen LogP contribution in [0.2, 0.25) is 5.02 Å². The highest BCUT2D eigenvalue weighted by Crippen LogP contribution is 2.41. The number of aryl methyl sites for hydroxylation is 1. The Morgan fingerprint density at radius 1 is 0.955 bits per heavy atom. The fourth-order valence-corrected chi connectivity index (χ4v) is 7.33. The minimum atomic E-state index is -4.12. The lowest BCUT2D eigenvalue weighted by molar-refractivity contribution is -0.668. The van der Waals surface area contributed by atoms with Gasteiger partial charge in [-0.2, -0.15) is 21.4 Å². The van der Waals surface area contributed by atoms with Gasteiger partial charge in [-0.25, -0.2) is 0 Å². The second kappa shape index (κ2) is 13.4. The van der Waals surface area contributed by atoms with Crippen LogP contribution in [-0.2, 0) is 26.8 Å². The number of rotatable bonds is 12. The molecule has 2 N–H and O–H groups in total. The maximum absolute atomic E-state index is 11.5. The minimum absolute atomic E-state index is 0.171. The molecule has 232 valence electrons. The summed E-state index contributed by atoms with van der Waals surface area (Å²) < 4.78 is 73.6. The van der Waals surface area contributed by atoms with Gasteiger partial charge in [0.05, 0.1) is 17.2 Å². The van der Waals surface area contributed by atoms with Gasteiger partial charge in [0, 0.05) is 36.2 Å². The quantitative estimate of drug-likeness (QED) is 0.127. The zero-order chi connectivity index (χ0) is 31.5. The molecule has 0 spiro atoms. The number of hydrogen-bond acceptors (Lipinski definition) is 7. The number of ether oxygens (including phenoxy) is 1. The molecule has 3 aromatic carbocycles. The third-order valence-electron chi connectivity index (χ3n) is 7.12. The van der Waals surface area contributed by atoms with E-state index in [1.165, 1.54) is 0 Å². The van der Waals surface area contributed by atoms with Crippen LogP contribution < -0.4 is 14.2 Å². The molecule has 4 aromatic rings. The summed E-state index contributed by atoms with van der Waals surface area (Å²) in [4.78, 5) is 1.84. The van der Waals surface area contributed by atoms with E-state index in [0.717, 1.165) is 31.9 Å². The Labute approximate surface area is 266 Å². The molecule has 0 saturated carbocycles. The first kappa shape index (κ1) is 32.1. The van der Waals surface area contributed by atoms with Gasteiger partial charge in [-0.3, -0.25) is 9.11 Å². The molecule has 0 amide bonds. The van der Waals surface area contributed by atoms with Crippen molar-refractivity contribution in [1.82, 2.24) is 0 Å². The summed E-state index contributed by atoms with van der Waals surface area (Å²) in [5.74, 6) is 0.338. The van der Waals surface area contributed by atoms with Crippen LogP contribution in [0, 0.1) is 0 Å².